The molecule has 1 unspecified atom stereocenters. The summed E-state index contributed by atoms with van der Waals surface area (Å²) in [5.41, 5.74) is 1.38. The maximum atomic E-state index is 12.9. The van der Waals surface area contributed by atoms with Crippen molar-refractivity contribution in [2.24, 2.45) is 0 Å². The molecule has 1 atom stereocenters. The molecule has 1 aliphatic heterocycles. The van der Waals surface area contributed by atoms with E-state index in [0.29, 0.717) is 48.0 Å². The van der Waals surface area contributed by atoms with Crippen LogP contribution in [0.25, 0.3) is 0 Å². The van der Waals surface area contributed by atoms with Gasteiger partial charge >= 0.3 is 0 Å². The average molecular weight is 430 g/mol. The van der Waals surface area contributed by atoms with Gasteiger partial charge in [-0.3, -0.25) is 14.4 Å². The lowest BCUT2D eigenvalue weighted by atomic mass is 10.1. The fourth-order valence-corrected chi connectivity index (χ4v) is 3.60. The zero-order chi connectivity index (χ0) is 21.5. The van der Waals surface area contributed by atoms with Crippen molar-refractivity contribution in [2.75, 3.05) is 32.1 Å². The molecule has 30 heavy (non-hydrogen) atoms. The molecule has 0 radical (unpaired) electrons. The molecule has 2 N–H and O–H groups in total. The van der Waals surface area contributed by atoms with Crippen LogP contribution in [0.2, 0.25) is 5.02 Å². The van der Waals surface area contributed by atoms with Gasteiger partial charge in [0.1, 0.15) is 6.04 Å². The van der Waals surface area contributed by atoms with Crippen LogP contribution in [0.3, 0.4) is 0 Å². The topological polar surface area (TPSA) is 87.7 Å². The number of rotatable bonds is 7. The maximum absolute atomic E-state index is 12.9. The van der Waals surface area contributed by atoms with Crippen molar-refractivity contribution in [3.63, 3.8) is 0 Å². The minimum absolute atomic E-state index is 0.165. The number of anilines is 1. The van der Waals surface area contributed by atoms with Gasteiger partial charge in [-0.2, -0.15) is 0 Å². The molecule has 3 rings (SSSR count). The van der Waals surface area contributed by atoms with Crippen molar-refractivity contribution < 1.29 is 19.1 Å². The Bertz CT molecular complexity index is 917. The number of likely N-dealkylation sites (tertiary alicyclic amines) is 1. The van der Waals surface area contributed by atoms with Crippen molar-refractivity contribution in [2.45, 2.75) is 18.9 Å². The fourth-order valence-electron chi connectivity index (χ4n) is 3.38. The monoisotopic (exact) mass is 429 g/mol. The van der Waals surface area contributed by atoms with Gasteiger partial charge < -0.3 is 20.3 Å². The minimum atomic E-state index is -0.478. The number of hydrogen-bond donors (Lipinski definition) is 2. The molecule has 2 aromatic carbocycles. The van der Waals surface area contributed by atoms with Crippen LogP contribution in [0.4, 0.5) is 5.69 Å². The molecule has 8 heteroatoms. The van der Waals surface area contributed by atoms with Crippen LogP contribution < -0.4 is 10.6 Å². The zero-order valence-electron chi connectivity index (χ0n) is 16.7. The molecule has 0 aliphatic carbocycles. The molecule has 0 saturated carbocycles. The van der Waals surface area contributed by atoms with Gasteiger partial charge in [-0.05, 0) is 49.2 Å². The lowest BCUT2D eigenvalue weighted by Gasteiger charge is -2.24. The number of hydrogen-bond acceptors (Lipinski definition) is 4. The lowest BCUT2D eigenvalue weighted by molar-refractivity contribution is -0.125. The van der Waals surface area contributed by atoms with E-state index in [4.69, 9.17) is 16.3 Å². The highest BCUT2D eigenvalue weighted by Crippen LogP contribution is 2.22. The number of methoxy groups -OCH3 is 1. The van der Waals surface area contributed by atoms with Gasteiger partial charge in [-0.25, -0.2) is 0 Å². The Kier molecular flexibility index (Phi) is 7.43. The highest BCUT2D eigenvalue weighted by atomic mass is 35.5. The Morgan fingerprint density at radius 2 is 1.87 bits per heavy atom. The number of halogens is 1. The van der Waals surface area contributed by atoms with E-state index in [1.807, 2.05) is 0 Å². The molecule has 2 aromatic rings. The normalized spacial score (nSPS) is 15.7. The van der Waals surface area contributed by atoms with Crippen LogP contribution in [0.5, 0.6) is 0 Å². The van der Waals surface area contributed by atoms with Crippen LogP contribution in [0.1, 0.15) is 33.6 Å². The molecule has 1 aliphatic rings. The van der Waals surface area contributed by atoms with E-state index in [1.54, 1.807) is 60.5 Å². The highest BCUT2D eigenvalue weighted by Gasteiger charge is 2.34. The Morgan fingerprint density at radius 1 is 1.13 bits per heavy atom. The average Bonchev–Trinajstić information content (AvgIpc) is 3.24. The number of carbonyl (C=O) groups is 3. The van der Waals surface area contributed by atoms with E-state index in [1.165, 1.54) is 0 Å². The fraction of sp³-hybridized carbons (Fsp3) is 0.318. The number of carbonyl (C=O) groups excluding carboxylic acids is 3. The molecule has 0 bridgehead atoms. The Morgan fingerprint density at radius 3 is 2.57 bits per heavy atom. The molecular formula is C22H24ClN3O4. The summed E-state index contributed by atoms with van der Waals surface area (Å²) in [7, 11) is 1.57. The summed E-state index contributed by atoms with van der Waals surface area (Å²) in [6.07, 6.45) is 1.41. The van der Waals surface area contributed by atoms with E-state index >= 15 is 0 Å². The maximum Gasteiger partial charge on any atom is 0.257 e. The van der Waals surface area contributed by atoms with Crippen molar-refractivity contribution in [3.05, 3.63) is 64.7 Å². The molecule has 1 heterocycles. The summed E-state index contributed by atoms with van der Waals surface area (Å²) in [6.45, 7) is 1.37. The summed E-state index contributed by atoms with van der Waals surface area (Å²) >= 11 is 6.05. The van der Waals surface area contributed by atoms with Gasteiger partial charge in [0.25, 0.3) is 11.8 Å². The van der Waals surface area contributed by atoms with Gasteiger partial charge in [-0.15, -0.1) is 0 Å². The molecule has 7 nitrogen and oxygen atoms in total. The van der Waals surface area contributed by atoms with E-state index in [9.17, 15) is 14.4 Å². The second kappa shape index (κ2) is 10.2. The standard InChI is InChI=1S/C22H24ClN3O4/c1-30-14-12-24-21(28)19-7-4-13-26(19)22(29)15-8-10-16(11-9-15)25-20(27)17-5-2-3-6-18(17)23/h2-3,5-6,8-11,19H,4,7,12-14H2,1H3,(H,24,28)(H,25,27). The summed E-state index contributed by atoms with van der Waals surface area (Å²) in [4.78, 5) is 39.3. The van der Waals surface area contributed by atoms with Crippen LogP contribution in [0.15, 0.2) is 48.5 Å². The zero-order valence-corrected chi connectivity index (χ0v) is 17.4. The van der Waals surface area contributed by atoms with Crippen molar-refractivity contribution >= 4 is 35.0 Å². The molecule has 0 aromatic heterocycles. The van der Waals surface area contributed by atoms with Gasteiger partial charge in [0.05, 0.1) is 17.2 Å². The Hall–Kier alpha value is -2.90. The van der Waals surface area contributed by atoms with Crippen LogP contribution in [0, 0.1) is 0 Å². The third kappa shape index (κ3) is 5.17. The first-order valence-corrected chi connectivity index (χ1v) is 10.1. The number of benzene rings is 2. The number of nitrogens with zero attached hydrogens (tertiary/aromatic N) is 1. The van der Waals surface area contributed by atoms with E-state index < -0.39 is 6.04 Å². The van der Waals surface area contributed by atoms with Crippen LogP contribution in [-0.4, -0.2) is 55.5 Å². The SMILES string of the molecule is COCCNC(=O)C1CCCN1C(=O)c1ccc(NC(=O)c2ccccc2Cl)cc1. The number of ether oxygens (including phenoxy) is 1. The summed E-state index contributed by atoms with van der Waals surface area (Å²) in [5, 5.41) is 5.93. The van der Waals surface area contributed by atoms with Gasteiger partial charge in [0, 0.05) is 31.5 Å². The van der Waals surface area contributed by atoms with Crippen LogP contribution >= 0.6 is 11.6 Å². The first-order valence-electron chi connectivity index (χ1n) is 9.75. The van der Waals surface area contributed by atoms with E-state index in [2.05, 4.69) is 10.6 Å². The molecule has 1 saturated heterocycles. The lowest BCUT2D eigenvalue weighted by Crippen LogP contribution is -2.46. The minimum Gasteiger partial charge on any atom is -0.383 e. The van der Waals surface area contributed by atoms with Crippen LogP contribution in [-0.2, 0) is 9.53 Å². The summed E-state index contributed by atoms with van der Waals surface area (Å²) in [6, 6.07) is 12.9. The van der Waals surface area contributed by atoms with Gasteiger partial charge in [0.2, 0.25) is 5.91 Å². The second-order valence-electron chi connectivity index (χ2n) is 6.95. The molecule has 3 amide bonds. The first-order chi connectivity index (χ1) is 14.5. The summed E-state index contributed by atoms with van der Waals surface area (Å²) in [5.74, 6) is -0.697. The predicted molar refractivity (Wildman–Crippen MR) is 115 cm³/mol. The van der Waals surface area contributed by atoms with E-state index in [0.717, 1.165) is 6.42 Å². The van der Waals surface area contributed by atoms with Crippen molar-refractivity contribution in [1.82, 2.24) is 10.2 Å². The molecule has 1 fully saturated rings. The number of amides is 3. The van der Waals surface area contributed by atoms with Crippen molar-refractivity contribution in [3.8, 4) is 0 Å². The molecular weight excluding hydrogens is 406 g/mol. The molecule has 158 valence electrons. The van der Waals surface area contributed by atoms with E-state index in [-0.39, 0.29) is 17.7 Å². The second-order valence-corrected chi connectivity index (χ2v) is 7.36. The highest BCUT2D eigenvalue weighted by molar-refractivity contribution is 6.34. The Labute approximate surface area is 180 Å². The van der Waals surface area contributed by atoms with Gasteiger partial charge in [0.15, 0.2) is 0 Å². The largest absolute Gasteiger partial charge is 0.383 e. The van der Waals surface area contributed by atoms with Gasteiger partial charge in [-0.1, -0.05) is 23.7 Å². The molecule has 0 spiro atoms. The third-order valence-corrected chi connectivity index (χ3v) is 5.26. The number of nitrogens with one attached hydrogen (secondary N) is 2. The summed E-state index contributed by atoms with van der Waals surface area (Å²) < 4.78 is 4.94. The van der Waals surface area contributed by atoms with Crippen molar-refractivity contribution in [1.29, 1.82) is 0 Å². The first kappa shape index (κ1) is 21.8. The predicted octanol–water partition coefficient (Wildman–Crippen LogP) is 2.96. The Balaban J connectivity index is 1.64. The third-order valence-electron chi connectivity index (χ3n) is 4.93. The smallest absolute Gasteiger partial charge is 0.257 e. The quantitative estimate of drug-likeness (QED) is 0.662.